The van der Waals surface area contributed by atoms with Crippen LogP contribution in [0.2, 0.25) is 0 Å². The Morgan fingerprint density at radius 1 is 1.47 bits per heavy atom. The number of methoxy groups -OCH3 is 1. The molecule has 0 aliphatic rings. The topological polar surface area (TPSA) is 43.4 Å². The monoisotopic (exact) mass is 296 g/mol. The molecule has 84 valence electrons. The molecule has 6 heteroatoms. The summed E-state index contributed by atoms with van der Waals surface area (Å²) in [6.07, 6.45) is 0. The fourth-order valence-electron chi connectivity index (χ4n) is 1.03. The smallest absolute Gasteiger partial charge is 0.178 e. The standard InChI is InChI=1S/C9H10BrFO3S/c1-3-15(12,13)6-4-7(11)9(10)8(5-6)14-2/h4-5H,3H2,1-2H3. The van der Waals surface area contributed by atoms with Gasteiger partial charge in [0.05, 0.1) is 22.2 Å². The van der Waals surface area contributed by atoms with Crippen LogP contribution in [0.15, 0.2) is 21.5 Å². The van der Waals surface area contributed by atoms with Crippen molar-refractivity contribution in [1.29, 1.82) is 0 Å². The molecule has 0 aliphatic heterocycles. The maximum Gasteiger partial charge on any atom is 0.178 e. The number of hydrogen-bond acceptors (Lipinski definition) is 3. The lowest BCUT2D eigenvalue weighted by Crippen LogP contribution is -2.05. The van der Waals surface area contributed by atoms with Crippen LogP contribution in [0, 0.1) is 5.82 Å². The quantitative estimate of drug-likeness (QED) is 0.860. The summed E-state index contributed by atoms with van der Waals surface area (Å²) in [5.41, 5.74) is 0. The molecule has 0 unspecified atom stereocenters. The van der Waals surface area contributed by atoms with Crippen molar-refractivity contribution >= 4 is 25.8 Å². The lowest BCUT2D eigenvalue weighted by Gasteiger charge is -2.07. The van der Waals surface area contributed by atoms with Gasteiger partial charge in [-0.25, -0.2) is 12.8 Å². The number of benzene rings is 1. The molecule has 15 heavy (non-hydrogen) atoms. The van der Waals surface area contributed by atoms with Crippen molar-refractivity contribution in [2.24, 2.45) is 0 Å². The molecule has 0 saturated carbocycles. The first kappa shape index (κ1) is 12.4. The zero-order chi connectivity index (χ0) is 11.6. The van der Waals surface area contributed by atoms with Crippen LogP contribution in [0.4, 0.5) is 4.39 Å². The molecule has 0 aliphatic carbocycles. The van der Waals surface area contributed by atoms with E-state index in [0.717, 1.165) is 6.07 Å². The Kier molecular flexibility index (Phi) is 3.72. The highest BCUT2D eigenvalue weighted by atomic mass is 79.9. The van der Waals surface area contributed by atoms with Crippen molar-refractivity contribution in [2.75, 3.05) is 12.9 Å². The Labute approximate surface area is 96.3 Å². The number of rotatable bonds is 3. The van der Waals surface area contributed by atoms with Gasteiger partial charge in [0.2, 0.25) is 0 Å². The zero-order valence-corrected chi connectivity index (χ0v) is 10.7. The summed E-state index contributed by atoms with van der Waals surface area (Å²) in [4.78, 5) is -0.0671. The molecule has 3 nitrogen and oxygen atoms in total. The summed E-state index contributed by atoms with van der Waals surface area (Å²) >= 11 is 2.97. The van der Waals surface area contributed by atoms with E-state index < -0.39 is 15.7 Å². The maximum absolute atomic E-state index is 13.3. The number of hydrogen-bond donors (Lipinski definition) is 0. The fraction of sp³-hybridized carbons (Fsp3) is 0.333. The molecule has 0 saturated heterocycles. The highest BCUT2D eigenvalue weighted by Gasteiger charge is 2.17. The molecule has 0 fully saturated rings. The molecule has 0 heterocycles. The van der Waals surface area contributed by atoms with E-state index in [4.69, 9.17) is 4.74 Å². The first-order valence-electron chi connectivity index (χ1n) is 4.18. The Morgan fingerprint density at radius 2 is 2.07 bits per heavy atom. The largest absolute Gasteiger partial charge is 0.495 e. The molecule has 1 rings (SSSR count). The second kappa shape index (κ2) is 4.49. The van der Waals surface area contributed by atoms with Gasteiger partial charge < -0.3 is 4.74 Å². The molecular formula is C9H10BrFO3S. The van der Waals surface area contributed by atoms with Crippen molar-refractivity contribution in [3.05, 3.63) is 22.4 Å². The maximum atomic E-state index is 13.3. The normalized spacial score (nSPS) is 11.5. The van der Waals surface area contributed by atoms with Gasteiger partial charge in [-0.2, -0.15) is 0 Å². The predicted octanol–water partition coefficient (Wildman–Crippen LogP) is 2.39. The third-order valence-electron chi connectivity index (χ3n) is 1.93. The lowest BCUT2D eigenvalue weighted by molar-refractivity contribution is 0.406. The molecule has 0 aromatic heterocycles. The minimum absolute atomic E-state index is 0.0671. The third kappa shape index (κ3) is 2.49. The van der Waals surface area contributed by atoms with E-state index in [1.54, 1.807) is 0 Å². The summed E-state index contributed by atoms with van der Waals surface area (Å²) < 4.78 is 41.3. The van der Waals surface area contributed by atoms with Gasteiger partial charge in [-0.3, -0.25) is 0 Å². The summed E-state index contributed by atoms with van der Waals surface area (Å²) in [5.74, 6) is -0.555. The van der Waals surface area contributed by atoms with Gasteiger partial charge in [-0.05, 0) is 22.0 Å². The minimum atomic E-state index is -3.41. The first-order valence-corrected chi connectivity index (χ1v) is 6.62. The molecule has 1 aromatic rings. The van der Waals surface area contributed by atoms with E-state index in [9.17, 15) is 12.8 Å². The van der Waals surface area contributed by atoms with Crippen molar-refractivity contribution in [3.63, 3.8) is 0 Å². The van der Waals surface area contributed by atoms with E-state index in [-0.39, 0.29) is 20.9 Å². The zero-order valence-electron chi connectivity index (χ0n) is 8.25. The van der Waals surface area contributed by atoms with Crippen molar-refractivity contribution in [1.82, 2.24) is 0 Å². The van der Waals surface area contributed by atoms with Gasteiger partial charge in [0.25, 0.3) is 0 Å². The highest BCUT2D eigenvalue weighted by molar-refractivity contribution is 9.10. The van der Waals surface area contributed by atoms with E-state index in [1.807, 2.05) is 0 Å². The van der Waals surface area contributed by atoms with Crippen LogP contribution in [-0.4, -0.2) is 21.3 Å². The Bertz CT molecular complexity index is 470. The van der Waals surface area contributed by atoms with E-state index >= 15 is 0 Å². The average Bonchev–Trinajstić information content (AvgIpc) is 2.21. The molecule has 0 radical (unpaired) electrons. The average molecular weight is 297 g/mol. The molecule has 0 bridgehead atoms. The summed E-state index contributed by atoms with van der Waals surface area (Å²) in [6.45, 7) is 1.50. The van der Waals surface area contributed by atoms with Gasteiger partial charge >= 0.3 is 0 Å². The number of ether oxygens (including phenoxy) is 1. The Morgan fingerprint density at radius 3 is 2.53 bits per heavy atom. The summed E-state index contributed by atoms with van der Waals surface area (Å²) in [5, 5.41) is 0. The number of sulfone groups is 1. The third-order valence-corrected chi connectivity index (χ3v) is 4.41. The first-order chi connectivity index (χ1) is 6.92. The van der Waals surface area contributed by atoms with Crippen LogP contribution in [0.5, 0.6) is 5.75 Å². The van der Waals surface area contributed by atoms with E-state index in [1.165, 1.54) is 20.1 Å². The SMILES string of the molecule is CCS(=O)(=O)c1cc(F)c(Br)c(OC)c1. The van der Waals surface area contributed by atoms with Gasteiger partial charge in [0.1, 0.15) is 11.6 Å². The molecular weight excluding hydrogens is 287 g/mol. The van der Waals surface area contributed by atoms with Gasteiger partial charge in [0, 0.05) is 6.07 Å². The number of halogens is 2. The van der Waals surface area contributed by atoms with Crippen LogP contribution in [0.1, 0.15) is 6.92 Å². The predicted molar refractivity (Wildman–Crippen MR) is 58.4 cm³/mol. The second-order valence-corrected chi connectivity index (χ2v) is 5.90. The fourth-order valence-corrected chi connectivity index (χ4v) is 2.33. The molecule has 0 atom stereocenters. The summed E-state index contributed by atoms with van der Waals surface area (Å²) in [6, 6.07) is 2.28. The van der Waals surface area contributed by atoms with Gasteiger partial charge in [0.15, 0.2) is 9.84 Å². The Hall–Kier alpha value is -0.620. The van der Waals surface area contributed by atoms with Crippen molar-refractivity contribution in [3.8, 4) is 5.75 Å². The molecule has 0 amide bonds. The molecule has 0 N–H and O–H groups in total. The molecule has 0 spiro atoms. The Balaban J connectivity index is 3.42. The highest BCUT2D eigenvalue weighted by Crippen LogP contribution is 2.31. The van der Waals surface area contributed by atoms with Crippen LogP contribution in [0.25, 0.3) is 0 Å². The second-order valence-electron chi connectivity index (χ2n) is 2.82. The van der Waals surface area contributed by atoms with Gasteiger partial charge in [-0.1, -0.05) is 6.92 Å². The minimum Gasteiger partial charge on any atom is -0.495 e. The van der Waals surface area contributed by atoms with Crippen LogP contribution in [0.3, 0.4) is 0 Å². The van der Waals surface area contributed by atoms with Crippen LogP contribution >= 0.6 is 15.9 Å². The van der Waals surface area contributed by atoms with Gasteiger partial charge in [-0.15, -0.1) is 0 Å². The van der Waals surface area contributed by atoms with E-state index in [0.29, 0.717) is 0 Å². The van der Waals surface area contributed by atoms with E-state index in [2.05, 4.69) is 15.9 Å². The van der Waals surface area contributed by atoms with Crippen LogP contribution in [-0.2, 0) is 9.84 Å². The molecule has 1 aromatic carbocycles. The van der Waals surface area contributed by atoms with Crippen LogP contribution < -0.4 is 4.74 Å². The van der Waals surface area contributed by atoms with Crippen molar-refractivity contribution < 1.29 is 17.5 Å². The van der Waals surface area contributed by atoms with Crippen molar-refractivity contribution in [2.45, 2.75) is 11.8 Å². The lowest BCUT2D eigenvalue weighted by atomic mass is 10.3. The summed E-state index contributed by atoms with van der Waals surface area (Å²) in [7, 11) is -2.06.